The van der Waals surface area contributed by atoms with E-state index in [-0.39, 0.29) is 11.7 Å². The second-order valence-electron chi connectivity index (χ2n) is 4.75. The van der Waals surface area contributed by atoms with Crippen LogP contribution in [0.2, 0.25) is 0 Å². The summed E-state index contributed by atoms with van der Waals surface area (Å²) < 4.78 is 0. The van der Waals surface area contributed by atoms with Gasteiger partial charge in [0.25, 0.3) is 5.91 Å². The van der Waals surface area contributed by atoms with Crippen molar-refractivity contribution >= 4 is 5.91 Å². The van der Waals surface area contributed by atoms with Crippen molar-refractivity contribution in [1.29, 1.82) is 0 Å². The number of aromatic hydroxyl groups is 1. The summed E-state index contributed by atoms with van der Waals surface area (Å²) in [6, 6.07) is 5.11. The monoisotopic (exact) mass is 249 g/mol. The number of rotatable bonds is 2. The van der Waals surface area contributed by atoms with E-state index in [1.54, 1.807) is 17.0 Å². The Labute approximate surface area is 107 Å². The third kappa shape index (κ3) is 2.64. The first-order valence-electron chi connectivity index (χ1n) is 6.41. The molecular formula is C14H19NO3. The van der Waals surface area contributed by atoms with E-state index in [0.717, 1.165) is 24.8 Å². The zero-order valence-corrected chi connectivity index (χ0v) is 10.6. The number of aliphatic hydroxyl groups is 1. The van der Waals surface area contributed by atoms with Crippen LogP contribution in [0.4, 0.5) is 0 Å². The number of phenolic OH excluding ortho intramolecular Hbond substituents is 1. The van der Waals surface area contributed by atoms with Crippen molar-refractivity contribution in [3.8, 4) is 5.75 Å². The quantitative estimate of drug-likeness (QED) is 0.836. The first kappa shape index (κ1) is 12.9. The Kier molecular flexibility index (Phi) is 3.87. The second kappa shape index (κ2) is 5.40. The minimum Gasteiger partial charge on any atom is -0.507 e. The molecule has 1 aliphatic heterocycles. The van der Waals surface area contributed by atoms with Crippen molar-refractivity contribution in [1.82, 2.24) is 4.90 Å². The fourth-order valence-corrected chi connectivity index (χ4v) is 2.28. The summed E-state index contributed by atoms with van der Waals surface area (Å²) in [6.45, 7) is 3.01. The van der Waals surface area contributed by atoms with E-state index >= 15 is 0 Å². The Bertz CT molecular complexity index is 445. The number of piperidine rings is 1. The molecule has 0 aromatic heterocycles. The topological polar surface area (TPSA) is 60.8 Å². The van der Waals surface area contributed by atoms with Gasteiger partial charge in [-0.1, -0.05) is 13.0 Å². The second-order valence-corrected chi connectivity index (χ2v) is 4.75. The standard InChI is InChI=1S/C14H19NO3/c1-2-10-5-6-13(17)12(8-10)14(18)15-7-3-4-11(16)9-15/h5-6,8,11,16-17H,2-4,7,9H2,1H3. The number of amides is 1. The molecule has 2 rings (SSSR count). The normalized spacial score (nSPS) is 19.9. The number of carbonyl (C=O) groups is 1. The maximum absolute atomic E-state index is 12.3. The van der Waals surface area contributed by atoms with Crippen LogP contribution < -0.4 is 0 Å². The highest BCUT2D eigenvalue weighted by Crippen LogP contribution is 2.22. The van der Waals surface area contributed by atoms with Gasteiger partial charge in [0.1, 0.15) is 5.75 Å². The van der Waals surface area contributed by atoms with E-state index in [4.69, 9.17) is 0 Å². The van der Waals surface area contributed by atoms with Crippen molar-refractivity contribution < 1.29 is 15.0 Å². The molecular weight excluding hydrogens is 230 g/mol. The first-order chi connectivity index (χ1) is 8.61. The highest BCUT2D eigenvalue weighted by molar-refractivity contribution is 5.97. The van der Waals surface area contributed by atoms with Crippen LogP contribution in [-0.4, -0.2) is 40.2 Å². The summed E-state index contributed by atoms with van der Waals surface area (Å²) >= 11 is 0. The Morgan fingerprint density at radius 1 is 1.50 bits per heavy atom. The number of aryl methyl sites for hydroxylation is 1. The summed E-state index contributed by atoms with van der Waals surface area (Å²) in [6.07, 6.45) is 1.92. The van der Waals surface area contributed by atoms with Gasteiger partial charge < -0.3 is 15.1 Å². The van der Waals surface area contributed by atoms with Crippen LogP contribution in [0, 0.1) is 0 Å². The number of hydrogen-bond donors (Lipinski definition) is 2. The molecule has 1 aromatic carbocycles. The maximum atomic E-state index is 12.3. The average molecular weight is 249 g/mol. The molecule has 0 spiro atoms. The number of hydrogen-bond acceptors (Lipinski definition) is 3. The molecule has 1 aliphatic rings. The fourth-order valence-electron chi connectivity index (χ4n) is 2.28. The number of phenols is 1. The molecule has 1 fully saturated rings. The van der Waals surface area contributed by atoms with Gasteiger partial charge in [0.05, 0.1) is 11.7 Å². The molecule has 4 nitrogen and oxygen atoms in total. The van der Waals surface area contributed by atoms with Gasteiger partial charge in [-0.15, -0.1) is 0 Å². The molecule has 1 saturated heterocycles. The zero-order valence-electron chi connectivity index (χ0n) is 10.6. The maximum Gasteiger partial charge on any atom is 0.257 e. The van der Waals surface area contributed by atoms with Gasteiger partial charge in [-0.3, -0.25) is 4.79 Å². The van der Waals surface area contributed by atoms with E-state index in [2.05, 4.69) is 0 Å². The van der Waals surface area contributed by atoms with Crippen molar-refractivity contribution in [2.24, 2.45) is 0 Å². The molecule has 1 unspecified atom stereocenters. The van der Waals surface area contributed by atoms with Crippen LogP contribution in [-0.2, 0) is 6.42 Å². The molecule has 1 aromatic rings. The lowest BCUT2D eigenvalue weighted by Gasteiger charge is -2.30. The van der Waals surface area contributed by atoms with Gasteiger partial charge in [-0.2, -0.15) is 0 Å². The summed E-state index contributed by atoms with van der Waals surface area (Å²) in [7, 11) is 0. The summed E-state index contributed by atoms with van der Waals surface area (Å²) in [5.74, 6) is -0.182. The Balaban J connectivity index is 2.22. The fraction of sp³-hybridized carbons (Fsp3) is 0.500. The predicted octanol–water partition coefficient (Wildman–Crippen LogP) is 1.55. The third-order valence-electron chi connectivity index (χ3n) is 3.38. The molecule has 18 heavy (non-hydrogen) atoms. The van der Waals surface area contributed by atoms with Crippen molar-refractivity contribution in [2.75, 3.05) is 13.1 Å². The lowest BCUT2D eigenvalue weighted by Crippen LogP contribution is -2.42. The number of β-amino-alcohol motifs (C(OH)–C–C–N with tert-alkyl or cyclic N) is 1. The first-order valence-corrected chi connectivity index (χ1v) is 6.41. The van der Waals surface area contributed by atoms with Gasteiger partial charge in [0, 0.05) is 13.1 Å². The number of likely N-dealkylation sites (tertiary alicyclic amines) is 1. The largest absolute Gasteiger partial charge is 0.507 e. The minimum atomic E-state index is -0.445. The highest BCUT2D eigenvalue weighted by Gasteiger charge is 2.24. The van der Waals surface area contributed by atoms with E-state index in [9.17, 15) is 15.0 Å². The number of benzene rings is 1. The molecule has 98 valence electrons. The lowest BCUT2D eigenvalue weighted by atomic mass is 10.0. The van der Waals surface area contributed by atoms with Crippen LogP contribution in [0.15, 0.2) is 18.2 Å². The van der Waals surface area contributed by atoms with Crippen LogP contribution in [0.3, 0.4) is 0 Å². The summed E-state index contributed by atoms with van der Waals surface area (Å²) in [5, 5.41) is 19.4. The van der Waals surface area contributed by atoms with Gasteiger partial charge in [0.2, 0.25) is 0 Å². The molecule has 1 atom stereocenters. The van der Waals surface area contributed by atoms with E-state index in [1.165, 1.54) is 0 Å². The highest BCUT2D eigenvalue weighted by atomic mass is 16.3. The van der Waals surface area contributed by atoms with Gasteiger partial charge in [-0.05, 0) is 37.0 Å². The Morgan fingerprint density at radius 3 is 2.94 bits per heavy atom. The molecule has 2 N–H and O–H groups in total. The minimum absolute atomic E-state index is 0.0114. The molecule has 4 heteroatoms. The van der Waals surface area contributed by atoms with E-state index < -0.39 is 6.10 Å². The molecule has 0 aliphatic carbocycles. The molecule has 1 heterocycles. The van der Waals surface area contributed by atoms with Gasteiger partial charge in [-0.25, -0.2) is 0 Å². The molecule has 0 radical (unpaired) electrons. The van der Waals surface area contributed by atoms with Crippen molar-refractivity contribution in [2.45, 2.75) is 32.3 Å². The summed E-state index contributed by atoms with van der Waals surface area (Å²) in [5.41, 5.74) is 1.36. The van der Waals surface area contributed by atoms with Crippen LogP contribution in [0.5, 0.6) is 5.75 Å². The number of carbonyl (C=O) groups excluding carboxylic acids is 1. The molecule has 0 bridgehead atoms. The Morgan fingerprint density at radius 2 is 2.28 bits per heavy atom. The smallest absolute Gasteiger partial charge is 0.257 e. The van der Waals surface area contributed by atoms with Gasteiger partial charge >= 0.3 is 0 Å². The van der Waals surface area contributed by atoms with E-state index in [0.29, 0.717) is 18.7 Å². The lowest BCUT2D eigenvalue weighted by molar-refractivity contribution is 0.0471. The van der Waals surface area contributed by atoms with Crippen LogP contribution >= 0.6 is 0 Å². The third-order valence-corrected chi connectivity index (χ3v) is 3.38. The van der Waals surface area contributed by atoms with Crippen LogP contribution in [0.1, 0.15) is 35.7 Å². The zero-order chi connectivity index (χ0) is 13.1. The van der Waals surface area contributed by atoms with Crippen LogP contribution in [0.25, 0.3) is 0 Å². The Hall–Kier alpha value is -1.55. The van der Waals surface area contributed by atoms with Crippen molar-refractivity contribution in [3.05, 3.63) is 29.3 Å². The van der Waals surface area contributed by atoms with E-state index in [1.807, 2.05) is 13.0 Å². The SMILES string of the molecule is CCc1ccc(O)c(C(=O)N2CCCC(O)C2)c1. The molecule has 1 amide bonds. The number of aliphatic hydroxyl groups excluding tert-OH is 1. The van der Waals surface area contributed by atoms with Gasteiger partial charge in [0.15, 0.2) is 0 Å². The van der Waals surface area contributed by atoms with Crippen molar-refractivity contribution in [3.63, 3.8) is 0 Å². The molecule has 0 saturated carbocycles. The summed E-state index contributed by atoms with van der Waals surface area (Å²) in [4.78, 5) is 13.9. The predicted molar refractivity (Wildman–Crippen MR) is 68.6 cm³/mol. The number of nitrogens with zero attached hydrogens (tertiary/aromatic N) is 1. The average Bonchev–Trinajstić information content (AvgIpc) is 2.38.